The van der Waals surface area contributed by atoms with Gasteiger partial charge < -0.3 is 4.90 Å². The highest BCUT2D eigenvalue weighted by molar-refractivity contribution is 4.84. The zero-order chi connectivity index (χ0) is 11.9. The van der Waals surface area contributed by atoms with Crippen LogP contribution in [0.15, 0.2) is 12.2 Å². The Bertz CT molecular complexity index is 174. The zero-order valence-electron chi connectivity index (χ0n) is 11.5. The SMILES string of the molecule is CC(C)/C=C\CCCN(C)CC(C)(C)C. The Kier molecular flexibility index (Phi) is 6.91. The van der Waals surface area contributed by atoms with Crippen LogP contribution in [0, 0.1) is 11.3 Å². The van der Waals surface area contributed by atoms with Crippen molar-refractivity contribution in [3.05, 3.63) is 12.2 Å². The molecule has 0 amide bonds. The van der Waals surface area contributed by atoms with Crippen LogP contribution in [0.5, 0.6) is 0 Å². The predicted octanol–water partition coefficient (Wildman–Crippen LogP) is 3.96. The summed E-state index contributed by atoms with van der Waals surface area (Å²) < 4.78 is 0. The summed E-state index contributed by atoms with van der Waals surface area (Å²) in [5.41, 5.74) is 0.419. The van der Waals surface area contributed by atoms with E-state index in [2.05, 4.69) is 58.7 Å². The lowest BCUT2D eigenvalue weighted by Crippen LogP contribution is -2.29. The topological polar surface area (TPSA) is 3.24 Å². The van der Waals surface area contributed by atoms with Crippen LogP contribution in [0.3, 0.4) is 0 Å². The number of nitrogens with zero attached hydrogens (tertiary/aromatic N) is 1. The molecule has 1 heteroatoms. The lowest BCUT2D eigenvalue weighted by Gasteiger charge is -2.26. The summed E-state index contributed by atoms with van der Waals surface area (Å²) in [5, 5.41) is 0. The highest BCUT2D eigenvalue weighted by Crippen LogP contribution is 2.14. The van der Waals surface area contributed by atoms with Crippen molar-refractivity contribution in [1.29, 1.82) is 0 Å². The average molecular weight is 211 g/mol. The Morgan fingerprint density at radius 2 is 1.80 bits per heavy atom. The second-order valence-electron chi connectivity index (χ2n) is 6.11. The molecule has 0 saturated carbocycles. The van der Waals surface area contributed by atoms with E-state index in [9.17, 15) is 0 Å². The molecule has 0 spiro atoms. The number of rotatable bonds is 6. The summed E-state index contributed by atoms with van der Waals surface area (Å²) >= 11 is 0. The van der Waals surface area contributed by atoms with E-state index in [-0.39, 0.29) is 0 Å². The van der Waals surface area contributed by atoms with Gasteiger partial charge in [-0.25, -0.2) is 0 Å². The molecular weight excluding hydrogens is 182 g/mol. The smallest absolute Gasteiger partial charge is 0.00270 e. The fraction of sp³-hybridized carbons (Fsp3) is 0.857. The Hall–Kier alpha value is -0.300. The first-order valence-corrected chi connectivity index (χ1v) is 6.16. The summed E-state index contributed by atoms with van der Waals surface area (Å²) in [6.07, 6.45) is 7.10. The van der Waals surface area contributed by atoms with E-state index in [1.165, 1.54) is 25.9 Å². The molecule has 0 unspecified atom stereocenters. The van der Waals surface area contributed by atoms with Gasteiger partial charge in [0.1, 0.15) is 0 Å². The van der Waals surface area contributed by atoms with Gasteiger partial charge in [0.15, 0.2) is 0 Å². The van der Waals surface area contributed by atoms with Crippen molar-refractivity contribution in [2.24, 2.45) is 11.3 Å². The Morgan fingerprint density at radius 3 is 2.27 bits per heavy atom. The standard InChI is InChI=1S/C14H29N/c1-13(2)10-8-7-9-11-15(6)12-14(3,4)5/h8,10,13H,7,9,11-12H2,1-6H3/b10-8-. The third-order valence-corrected chi connectivity index (χ3v) is 2.18. The van der Waals surface area contributed by atoms with Crippen LogP contribution in [-0.2, 0) is 0 Å². The molecule has 0 saturated heterocycles. The lowest BCUT2D eigenvalue weighted by molar-refractivity contribution is 0.225. The lowest BCUT2D eigenvalue weighted by atomic mass is 9.96. The fourth-order valence-corrected chi connectivity index (χ4v) is 1.74. The normalized spacial score (nSPS) is 13.3. The third kappa shape index (κ3) is 11.6. The van der Waals surface area contributed by atoms with Crippen LogP contribution in [0.1, 0.15) is 47.5 Å². The minimum absolute atomic E-state index is 0.419. The van der Waals surface area contributed by atoms with E-state index in [1.54, 1.807) is 0 Å². The van der Waals surface area contributed by atoms with Gasteiger partial charge in [0.25, 0.3) is 0 Å². The van der Waals surface area contributed by atoms with Crippen LogP contribution in [0.4, 0.5) is 0 Å². The van der Waals surface area contributed by atoms with Gasteiger partial charge >= 0.3 is 0 Å². The molecular formula is C14H29N. The van der Waals surface area contributed by atoms with Crippen molar-refractivity contribution >= 4 is 0 Å². The fourth-order valence-electron chi connectivity index (χ4n) is 1.74. The molecule has 0 radical (unpaired) electrons. The predicted molar refractivity (Wildman–Crippen MR) is 70.2 cm³/mol. The number of unbranched alkanes of at least 4 members (excludes halogenated alkanes) is 1. The molecule has 0 heterocycles. The number of hydrogen-bond donors (Lipinski definition) is 0. The van der Waals surface area contributed by atoms with Crippen LogP contribution in [0.25, 0.3) is 0 Å². The van der Waals surface area contributed by atoms with Crippen molar-refractivity contribution in [3.8, 4) is 0 Å². The molecule has 0 rings (SSSR count). The molecule has 0 aromatic rings. The van der Waals surface area contributed by atoms with Gasteiger partial charge in [-0.2, -0.15) is 0 Å². The molecule has 0 aromatic heterocycles. The first-order valence-electron chi connectivity index (χ1n) is 6.16. The minimum atomic E-state index is 0.419. The van der Waals surface area contributed by atoms with Crippen molar-refractivity contribution in [1.82, 2.24) is 4.90 Å². The summed E-state index contributed by atoms with van der Waals surface area (Å²) in [7, 11) is 2.22. The number of allylic oxidation sites excluding steroid dienone is 2. The first kappa shape index (κ1) is 14.7. The second kappa shape index (κ2) is 7.05. The monoisotopic (exact) mass is 211 g/mol. The van der Waals surface area contributed by atoms with Crippen molar-refractivity contribution in [2.45, 2.75) is 47.5 Å². The second-order valence-corrected chi connectivity index (χ2v) is 6.11. The molecule has 0 atom stereocenters. The zero-order valence-corrected chi connectivity index (χ0v) is 11.5. The molecule has 15 heavy (non-hydrogen) atoms. The minimum Gasteiger partial charge on any atom is -0.306 e. The molecule has 0 N–H and O–H groups in total. The molecule has 1 nitrogen and oxygen atoms in total. The van der Waals surface area contributed by atoms with Gasteiger partial charge in [-0.3, -0.25) is 0 Å². The highest BCUT2D eigenvalue weighted by Gasteiger charge is 2.12. The van der Waals surface area contributed by atoms with E-state index in [1.807, 2.05) is 0 Å². The molecule has 0 aliphatic carbocycles. The summed E-state index contributed by atoms with van der Waals surface area (Å²) in [4.78, 5) is 2.43. The molecule has 90 valence electrons. The molecule has 0 aliphatic rings. The Morgan fingerprint density at radius 1 is 1.20 bits per heavy atom. The van der Waals surface area contributed by atoms with Crippen LogP contribution < -0.4 is 0 Å². The maximum Gasteiger partial charge on any atom is 0.00270 e. The van der Waals surface area contributed by atoms with Crippen LogP contribution in [0.2, 0.25) is 0 Å². The molecule has 0 aromatic carbocycles. The van der Waals surface area contributed by atoms with Gasteiger partial charge in [0, 0.05) is 6.54 Å². The maximum absolute atomic E-state index is 2.43. The molecule has 0 fully saturated rings. The van der Waals surface area contributed by atoms with E-state index in [4.69, 9.17) is 0 Å². The first-order chi connectivity index (χ1) is 6.81. The molecule has 0 aliphatic heterocycles. The average Bonchev–Trinajstić information content (AvgIpc) is 1.99. The van der Waals surface area contributed by atoms with Gasteiger partial charge in [-0.1, -0.05) is 46.8 Å². The van der Waals surface area contributed by atoms with Gasteiger partial charge in [-0.05, 0) is 37.8 Å². The quantitative estimate of drug-likeness (QED) is 0.475. The highest BCUT2D eigenvalue weighted by atomic mass is 15.1. The van der Waals surface area contributed by atoms with Gasteiger partial charge in [-0.15, -0.1) is 0 Å². The number of hydrogen-bond acceptors (Lipinski definition) is 1. The van der Waals surface area contributed by atoms with E-state index in [0.29, 0.717) is 11.3 Å². The van der Waals surface area contributed by atoms with Gasteiger partial charge in [0.05, 0.1) is 0 Å². The van der Waals surface area contributed by atoms with Crippen LogP contribution in [-0.4, -0.2) is 25.0 Å². The van der Waals surface area contributed by atoms with Crippen molar-refractivity contribution in [3.63, 3.8) is 0 Å². The summed E-state index contributed by atoms with van der Waals surface area (Å²) in [6, 6.07) is 0. The summed E-state index contributed by atoms with van der Waals surface area (Å²) in [6.45, 7) is 13.7. The largest absolute Gasteiger partial charge is 0.306 e. The Balaban J connectivity index is 3.51. The van der Waals surface area contributed by atoms with E-state index < -0.39 is 0 Å². The van der Waals surface area contributed by atoms with Crippen molar-refractivity contribution in [2.75, 3.05) is 20.1 Å². The third-order valence-electron chi connectivity index (χ3n) is 2.18. The van der Waals surface area contributed by atoms with Gasteiger partial charge in [0.2, 0.25) is 0 Å². The molecule has 0 bridgehead atoms. The summed E-state index contributed by atoms with van der Waals surface area (Å²) in [5.74, 6) is 0.692. The van der Waals surface area contributed by atoms with E-state index in [0.717, 1.165) is 0 Å². The maximum atomic E-state index is 2.43. The Labute approximate surface area is 96.6 Å². The van der Waals surface area contributed by atoms with Crippen molar-refractivity contribution < 1.29 is 0 Å². The van der Waals surface area contributed by atoms with Crippen LogP contribution >= 0.6 is 0 Å². The van der Waals surface area contributed by atoms with E-state index >= 15 is 0 Å².